The van der Waals surface area contributed by atoms with E-state index in [0.29, 0.717) is 5.92 Å². The van der Waals surface area contributed by atoms with Gasteiger partial charge in [-0.1, -0.05) is 32.4 Å². The Bertz CT molecular complexity index is 427. The molecule has 98 valence electrons. The standard InChI is InChI=1S/C17H24O/c1-13(2)15-7-6-14-8-11-17(18-16(14)12-15)9-4-3-5-10-17/h6-7,12-13H,3-5,8-11H2,1-2H3. The van der Waals surface area contributed by atoms with Gasteiger partial charge < -0.3 is 4.74 Å². The van der Waals surface area contributed by atoms with Gasteiger partial charge >= 0.3 is 0 Å². The normalized spacial score (nSPS) is 21.7. The summed E-state index contributed by atoms with van der Waals surface area (Å²) < 4.78 is 6.45. The first-order chi connectivity index (χ1) is 8.69. The van der Waals surface area contributed by atoms with Crippen molar-refractivity contribution in [2.24, 2.45) is 0 Å². The lowest BCUT2D eigenvalue weighted by Gasteiger charge is -2.41. The van der Waals surface area contributed by atoms with Gasteiger partial charge in [-0.2, -0.15) is 0 Å². The summed E-state index contributed by atoms with van der Waals surface area (Å²) in [4.78, 5) is 0. The van der Waals surface area contributed by atoms with Gasteiger partial charge in [0.25, 0.3) is 0 Å². The average molecular weight is 244 g/mol. The summed E-state index contributed by atoms with van der Waals surface area (Å²) in [6.07, 6.45) is 9.04. The number of fused-ring (bicyclic) bond motifs is 1. The van der Waals surface area contributed by atoms with E-state index in [4.69, 9.17) is 4.74 Å². The molecule has 0 amide bonds. The number of hydrogen-bond donors (Lipinski definition) is 0. The Morgan fingerprint density at radius 2 is 1.83 bits per heavy atom. The molecule has 1 aliphatic carbocycles. The Morgan fingerprint density at radius 1 is 1.06 bits per heavy atom. The Balaban J connectivity index is 1.88. The third-order valence-electron chi connectivity index (χ3n) is 4.70. The largest absolute Gasteiger partial charge is 0.487 e. The molecule has 0 saturated heterocycles. The van der Waals surface area contributed by atoms with E-state index in [1.165, 1.54) is 61.8 Å². The molecule has 0 radical (unpaired) electrons. The van der Waals surface area contributed by atoms with Crippen molar-refractivity contribution in [3.8, 4) is 5.75 Å². The van der Waals surface area contributed by atoms with E-state index in [9.17, 15) is 0 Å². The molecule has 0 N–H and O–H groups in total. The highest BCUT2D eigenvalue weighted by Gasteiger charge is 2.37. The summed E-state index contributed by atoms with van der Waals surface area (Å²) in [5, 5.41) is 0. The second-order valence-electron chi connectivity index (χ2n) is 6.37. The number of ether oxygens (including phenoxy) is 1. The van der Waals surface area contributed by atoms with Gasteiger partial charge in [-0.15, -0.1) is 0 Å². The maximum Gasteiger partial charge on any atom is 0.123 e. The summed E-state index contributed by atoms with van der Waals surface area (Å²) in [6, 6.07) is 6.83. The predicted octanol–water partition coefficient (Wildman–Crippen LogP) is 4.84. The molecular formula is C17H24O. The monoisotopic (exact) mass is 244 g/mol. The number of rotatable bonds is 1. The van der Waals surface area contributed by atoms with Crippen LogP contribution in [0.4, 0.5) is 0 Å². The molecule has 3 rings (SSSR count). The van der Waals surface area contributed by atoms with Crippen LogP contribution in [-0.4, -0.2) is 5.60 Å². The number of hydrogen-bond acceptors (Lipinski definition) is 1. The van der Waals surface area contributed by atoms with Crippen LogP contribution in [0.15, 0.2) is 18.2 Å². The first-order valence-electron chi connectivity index (χ1n) is 7.50. The highest BCUT2D eigenvalue weighted by atomic mass is 16.5. The van der Waals surface area contributed by atoms with Crippen molar-refractivity contribution >= 4 is 0 Å². The molecular weight excluding hydrogens is 220 g/mol. The lowest BCUT2D eigenvalue weighted by molar-refractivity contribution is 0.0107. The molecule has 0 atom stereocenters. The van der Waals surface area contributed by atoms with Gasteiger partial charge in [-0.3, -0.25) is 0 Å². The minimum atomic E-state index is 0.181. The summed E-state index contributed by atoms with van der Waals surface area (Å²) in [6.45, 7) is 4.50. The van der Waals surface area contributed by atoms with Crippen molar-refractivity contribution in [3.63, 3.8) is 0 Å². The SMILES string of the molecule is CC(C)c1ccc2c(c1)OC1(CCCCC1)CC2. The zero-order valence-corrected chi connectivity index (χ0v) is 11.7. The Hall–Kier alpha value is -0.980. The smallest absolute Gasteiger partial charge is 0.123 e. The van der Waals surface area contributed by atoms with Crippen LogP contribution in [0.1, 0.15) is 69.4 Å². The van der Waals surface area contributed by atoms with E-state index >= 15 is 0 Å². The maximum atomic E-state index is 6.45. The molecule has 1 aromatic rings. The van der Waals surface area contributed by atoms with Crippen LogP contribution in [-0.2, 0) is 6.42 Å². The molecule has 0 bridgehead atoms. The van der Waals surface area contributed by atoms with Crippen molar-refractivity contribution in [2.75, 3.05) is 0 Å². The van der Waals surface area contributed by atoms with Crippen molar-refractivity contribution in [3.05, 3.63) is 29.3 Å². The fourth-order valence-electron chi connectivity index (χ4n) is 3.43. The van der Waals surface area contributed by atoms with Crippen molar-refractivity contribution in [1.82, 2.24) is 0 Å². The maximum absolute atomic E-state index is 6.45. The van der Waals surface area contributed by atoms with E-state index in [2.05, 4.69) is 32.0 Å². The highest BCUT2D eigenvalue weighted by Crippen LogP contribution is 2.42. The van der Waals surface area contributed by atoms with Gasteiger partial charge in [0, 0.05) is 0 Å². The van der Waals surface area contributed by atoms with E-state index < -0.39 is 0 Å². The van der Waals surface area contributed by atoms with Gasteiger partial charge in [0.05, 0.1) is 0 Å². The second-order valence-corrected chi connectivity index (χ2v) is 6.37. The minimum Gasteiger partial charge on any atom is -0.487 e. The first-order valence-corrected chi connectivity index (χ1v) is 7.50. The second kappa shape index (κ2) is 4.60. The van der Waals surface area contributed by atoms with Crippen LogP contribution in [0.5, 0.6) is 5.75 Å². The lowest BCUT2D eigenvalue weighted by atomic mass is 9.79. The topological polar surface area (TPSA) is 9.23 Å². The molecule has 1 heterocycles. The Morgan fingerprint density at radius 3 is 2.56 bits per heavy atom. The molecule has 1 spiro atoms. The van der Waals surface area contributed by atoms with Crippen molar-refractivity contribution in [1.29, 1.82) is 0 Å². The summed E-state index contributed by atoms with van der Waals surface area (Å²) >= 11 is 0. The molecule has 0 unspecified atom stereocenters. The molecule has 1 heteroatoms. The first kappa shape index (κ1) is 12.1. The van der Waals surface area contributed by atoms with Crippen LogP contribution in [0, 0.1) is 0 Å². The predicted molar refractivity (Wildman–Crippen MR) is 75.3 cm³/mol. The van der Waals surface area contributed by atoms with Gasteiger partial charge in [0.1, 0.15) is 11.4 Å². The van der Waals surface area contributed by atoms with Gasteiger partial charge in [0.2, 0.25) is 0 Å². The van der Waals surface area contributed by atoms with Crippen molar-refractivity contribution in [2.45, 2.75) is 70.3 Å². The van der Waals surface area contributed by atoms with E-state index in [0.717, 1.165) is 0 Å². The summed E-state index contributed by atoms with van der Waals surface area (Å²) in [7, 11) is 0. The van der Waals surface area contributed by atoms with Crippen LogP contribution < -0.4 is 4.74 Å². The van der Waals surface area contributed by atoms with E-state index in [-0.39, 0.29) is 5.60 Å². The molecule has 1 aliphatic heterocycles. The minimum absolute atomic E-state index is 0.181. The summed E-state index contributed by atoms with van der Waals surface area (Å²) in [5.74, 6) is 1.76. The molecule has 1 saturated carbocycles. The molecule has 1 fully saturated rings. The third-order valence-corrected chi connectivity index (χ3v) is 4.70. The van der Waals surface area contributed by atoms with Crippen LogP contribution in [0.3, 0.4) is 0 Å². The van der Waals surface area contributed by atoms with Gasteiger partial charge in [0.15, 0.2) is 0 Å². The van der Waals surface area contributed by atoms with Crippen LogP contribution in [0.2, 0.25) is 0 Å². The zero-order chi connectivity index (χ0) is 12.6. The highest BCUT2D eigenvalue weighted by molar-refractivity contribution is 5.41. The zero-order valence-electron chi connectivity index (χ0n) is 11.7. The number of aryl methyl sites for hydroxylation is 1. The molecule has 18 heavy (non-hydrogen) atoms. The number of benzene rings is 1. The molecule has 2 aliphatic rings. The average Bonchev–Trinajstić information content (AvgIpc) is 2.38. The fourth-order valence-corrected chi connectivity index (χ4v) is 3.43. The van der Waals surface area contributed by atoms with E-state index in [1.807, 2.05) is 0 Å². The van der Waals surface area contributed by atoms with E-state index in [1.54, 1.807) is 0 Å². The van der Waals surface area contributed by atoms with Crippen LogP contribution in [0.25, 0.3) is 0 Å². The van der Waals surface area contributed by atoms with Gasteiger partial charge in [-0.25, -0.2) is 0 Å². The Labute approximate surface area is 111 Å². The molecule has 0 aromatic heterocycles. The van der Waals surface area contributed by atoms with Gasteiger partial charge in [-0.05, 0) is 61.6 Å². The van der Waals surface area contributed by atoms with Crippen LogP contribution >= 0.6 is 0 Å². The quantitative estimate of drug-likeness (QED) is 0.687. The van der Waals surface area contributed by atoms with Crippen molar-refractivity contribution < 1.29 is 4.74 Å². The summed E-state index contributed by atoms with van der Waals surface area (Å²) in [5.41, 5.74) is 3.00. The fraction of sp³-hybridized carbons (Fsp3) is 0.647. The Kier molecular flexibility index (Phi) is 3.09. The molecule has 1 aromatic carbocycles. The molecule has 1 nitrogen and oxygen atoms in total. The third kappa shape index (κ3) is 2.15. The lowest BCUT2D eigenvalue weighted by Crippen LogP contribution is -2.41.